The largest absolute Gasteiger partial charge is 0.491 e. The summed E-state index contributed by atoms with van der Waals surface area (Å²) < 4.78 is 6.18. The number of amides is 2. The fourth-order valence-corrected chi connectivity index (χ4v) is 3.31. The van der Waals surface area contributed by atoms with E-state index in [1.807, 2.05) is 0 Å². The third-order valence-electron chi connectivity index (χ3n) is 3.64. The highest BCUT2D eigenvalue weighted by Gasteiger charge is 2.40. The van der Waals surface area contributed by atoms with Crippen molar-refractivity contribution in [3.8, 4) is 5.75 Å². The van der Waals surface area contributed by atoms with E-state index in [0.29, 0.717) is 15.2 Å². The van der Waals surface area contributed by atoms with Gasteiger partial charge in [-0.3, -0.25) is 24.6 Å². The predicted molar refractivity (Wildman–Crippen MR) is 93.1 cm³/mol. The lowest BCUT2D eigenvalue weighted by Gasteiger charge is -2.15. The van der Waals surface area contributed by atoms with Gasteiger partial charge in [0.05, 0.1) is 21.5 Å². The summed E-state index contributed by atoms with van der Waals surface area (Å²) in [5, 5.41) is 11.6. The van der Waals surface area contributed by atoms with Gasteiger partial charge < -0.3 is 4.74 Å². The van der Waals surface area contributed by atoms with Crippen molar-refractivity contribution in [2.45, 2.75) is 0 Å². The molecule has 1 heterocycles. The Balaban J connectivity index is 1.74. The number of imide groups is 1. The first-order valence-electron chi connectivity index (χ1n) is 7.11. The van der Waals surface area contributed by atoms with E-state index in [1.165, 1.54) is 18.2 Å². The second-order valence-corrected chi connectivity index (χ2v) is 6.43. The van der Waals surface area contributed by atoms with E-state index in [2.05, 4.69) is 15.9 Å². The molecule has 2 amide bonds. The normalized spacial score (nSPS) is 13.1. The molecule has 7 nitrogen and oxygen atoms in total. The van der Waals surface area contributed by atoms with Gasteiger partial charge in [0.1, 0.15) is 17.9 Å². The molecule has 0 aromatic heterocycles. The summed E-state index contributed by atoms with van der Waals surface area (Å²) in [5.41, 5.74) is -0.517. The predicted octanol–water partition coefficient (Wildman–Crippen LogP) is 3.69. The minimum Gasteiger partial charge on any atom is -0.491 e. The Bertz CT molecular complexity index is 902. The van der Waals surface area contributed by atoms with Gasteiger partial charge in [0.15, 0.2) is 0 Å². The van der Waals surface area contributed by atoms with Crippen LogP contribution in [0.25, 0.3) is 0 Å². The molecule has 128 valence electrons. The lowest BCUT2D eigenvalue weighted by molar-refractivity contribution is -0.385. The van der Waals surface area contributed by atoms with Crippen molar-refractivity contribution in [2.75, 3.05) is 13.2 Å². The van der Waals surface area contributed by atoms with Crippen LogP contribution in [0.3, 0.4) is 0 Å². The van der Waals surface area contributed by atoms with E-state index in [-0.39, 0.29) is 30.0 Å². The molecule has 9 heteroatoms. The molecule has 0 radical (unpaired) electrons. The SMILES string of the molecule is O=C1c2cccc([N+](=O)[O-])c2C(=O)N1CCOc1ccc(Cl)cc1Br. The average Bonchev–Trinajstić information content (AvgIpc) is 2.81. The number of halogens is 2. The lowest BCUT2D eigenvalue weighted by atomic mass is 10.1. The van der Waals surface area contributed by atoms with E-state index < -0.39 is 16.7 Å². The van der Waals surface area contributed by atoms with Crippen molar-refractivity contribution in [3.05, 3.63) is 67.1 Å². The number of hydrogen-bond acceptors (Lipinski definition) is 5. The highest BCUT2D eigenvalue weighted by Crippen LogP contribution is 2.31. The Morgan fingerprint density at radius 2 is 1.96 bits per heavy atom. The van der Waals surface area contributed by atoms with Crippen LogP contribution < -0.4 is 4.74 Å². The summed E-state index contributed by atoms with van der Waals surface area (Å²) in [6.07, 6.45) is 0. The average molecular weight is 426 g/mol. The molecule has 0 fully saturated rings. The third kappa shape index (κ3) is 3.22. The number of benzene rings is 2. The fraction of sp³-hybridized carbons (Fsp3) is 0.125. The van der Waals surface area contributed by atoms with Gasteiger partial charge in [-0.1, -0.05) is 17.7 Å². The first-order valence-corrected chi connectivity index (χ1v) is 8.28. The third-order valence-corrected chi connectivity index (χ3v) is 4.49. The molecule has 0 atom stereocenters. The zero-order valence-corrected chi connectivity index (χ0v) is 14.9. The minimum absolute atomic E-state index is 0.0292. The Morgan fingerprint density at radius 3 is 2.64 bits per heavy atom. The van der Waals surface area contributed by atoms with Crippen LogP contribution in [0.2, 0.25) is 5.02 Å². The van der Waals surface area contributed by atoms with Crippen molar-refractivity contribution >= 4 is 45.0 Å². The van der Waals surface area contributed by atoms with E-state index in [9.17, 15) is 19.7 Å². The van der Waals surface area contributed by atoms with Crippen LogP contribution in [-0.4, -0.2) is 34.8 Å². The van der Waals surface area contributed by atoms with Crippen LogP contribution in [0, 0.1) is 10.1 Å². The van der Waals surface area contributed by atoms with Gasteiger partial charge in [-0.2, -0.15) is 0 Å². The number of carbonyl (C=O) groups is 2. The zero-order valence-electron chi connectivity index (χ0n) is 12.6. The Morgan fingerprint density at radius 1 is 1.20 bits per heavy atom. The van der Waals surface area contributed by atoms with Crippen molar-refractivity contribution in [3.63, 3.8) is 0 Å². The molecule has 0 N–H and O–H groups in total. The van der Waals surface area contributed by atoms with Crippen LogP contribution in [0.4, 0.5) is 5.69 Å². The highest BCUT2D eigenvalue weighted by atomic mass is 79.9. The zero-order chi connectivity index (χ0) is 18.1. The first-order chi connectivity index (χ1) is 11.9. The maximum atomic E-state index is 12.4. The summed E-state index contributed by atoms with van der Waals surface area (Å²) in [4.78, 5) is 36.1. The molecule has 3 rings (SSSR count). The van der Waals surface area contributed by atoms with E-state index in [4.69, 9.17) is 16.3 Å². The number of hydrogen-bond donors (Lipinski definition) is 0. The van der Waals surface area contributed by atoms with Gasteiger partial charge in [0.2, 0.25) is 0 Å². The number of carbonyl (C=O) groups excluding carboxylic acids is 2. The standard InChI is InChI=1S/C16H10BrClN2O5/c17-11-8-9(18)4-5-13(11)25-7-6-19-15(21)10-2-1-3-12(20(23)24)14(10)16(19)22/h1-5,8H,6-7H2. The molecule has 25 heavy (non-hydrogen) atoms. The molecule has 2 aromatic carbocycles. The van der Waals surface area contributed by atoms with Gasteiger partial charge >= 0.3 is 0 Å². The molecule has 1 aliphatic heterocycles. The second-order valence-electron chi connectivity index (χ2n) is 5.14. The van der Waals surface area contributed by atoms with Gasteiger partial charge in [-0.15, -0.1) is 0 Å². The number of ether oxygens (including phenoxy) is 1. The quantitative estimate of drug-likeness (QED) is 0.414. The van der Waals surface area contributed by atoms with Crippen molar-refractivity contribution in [1.29, 1.82) is 0 Å². The monoisotopic (exact) mass is 424 g/mol. The number of fused-ring (bicyclic) bond motifs is 1. The maximum Gasteiger partial charge on any atom is 0.282 e. The molecule has 0 saturated heterocycles. The molecule has 0 aliphatic carbocycles. The fourth-order valence-electron chi connectivity index (χ4n) is 2.51. The Labute approximate surface area is 155 Å². The van der Waals surface area contributed by atoms with Gasteiger partial charge in [0.25, 0.3) is 17.5 Å². The highest BCUT2D eigenvalue weighted by molar-refractivity contribution is 9.10. The van der Waals surface area contributed by atoms with Crippen LogP contribution in [-0.2, 0) is 0 Å². The van der Waals surface area contributed by atoms with E-state index in [1.54, 1.807) is 18.2 Å². The molecule has 0 unspecified atom stereocenters. The van der Waals surface area contributed by atoms with Crippen LogP contribution in [0.1, 0.15) is 20.7 Å². The van der Waals surface area contributed by atoms with E-state index >= 15 is 0 Å². The molecule has 2 aromatic rings. The Kier molecular flexibility index (Phi) is 4.73. The molecule has 1 aliphatic rings. The number of nitro groups is 1. The molecule has 0 bridgehead atoms. The van der Waals surface area contributed by atoms with Crippen molar-refractivity contribution in [1.82, 2.24) is 4.90 Å². The van der Waals surface area contributed by atoms with Gasteiger partial charge in [-0.25, -0.2) is 0 Å². The van der Waals surface area contributed by atoms with Crippen molar-refractivity contribution < 1.29 is 19.2 Å². The van der Waals surface area contributed by atoms with Gasteiger partial charge in [0, 0.05) is 11.1 Å². The maximum absolute atomic E-state index is 12.4. The lowest BCUT2D eigenvalue weighted by Crippen LogP contribution is -2.33. The smallest absolute Gasteiger partial charge is 0.282 e. The number of nitrogens with zero attached hydrogens (tertiary/aromatic N) is 2. The Hall–Kier alpha value is -2.45. The number of rotatable bonds is 5. The second kappa shape index (κ2) is 6.81. The summed E-state index contributed by atoms with van der Waals surface area (Å²) >= 11 is 9.15. The molecular weight excluding hydrogens is 416 g/mol. The summed E-state index contributed by atoms with van der Waals surface area (Å²) in [6.45, 7) is 0.0120. The molecule has 0 spiro atoms. The first kappa shape index (κ1) is 17.4. The van der Waals surface area contributed by atoms with Crippen LogP contribution >= 0.6 is 27.5 Å². The number of nitro benzene ring substituents is 1. The summed E-state index contributed by atoms with van der Waals surface area (Å²) in [7, 11) is 0. The topological polar surface area (TPSA) is 89.8 Å². The van der Waals surface area contributed by atoms with Crippen LogP contribution in [0.5, 0.6) is 5.75 Å². The summed E-state index contributed by atoms with van der Waals surface area (Å²) in [6, 6.07) is 8.94. The van der Waals surface area contributed by atoms with E-state index in [0.717, 1.165) is 4.90 Å². The van der Waals surface area contributed by atoms with Crippen molar-refractivity contribution in [2.24, 2.45) is 0 Å². The molecular formula is C16H10BrClN2O5. The van der Waals surface area contributed by atoms with Gasteiger partial charge in [-0.05, 0) is 40.2 Å². The summed E-state index contributed by atoms with van der Waals surface area (Å²) in [5.74, 6) is -0.750. The van der Waals surface area contributed by atoms with Crippen LogP contribution in [0.15, 0.2) is 40.9 Å². The minimum atomic E-state index is -0.689. The molecule has 0 saturated carbocycles.